The zero-order valence-corrected chi connectivity index (χ0v) is 13.8. The zero-order valence-electron chi connectivity index (χ0n) is 13.0. The molecule has 1 aliphatic heterocycles. The van der Waals surface area contributed by atoms with Crippen LogP contribution >= 0.6 is 11.6 Å². The van der Waals surface area contributed by atoms with E-state index in [1.165, 1.54) is 12.8 Å². The third-order valence-corrected chi connectivity index (χ3v) is 4.17. The molecule has 22 heavy (non-hydrogen) atoms. The monoisotopic (exact) mass is 316 g/mol. The second-order valence-electron chi connectivity index (χ2n) is 5.98. The molecule has 0 bridgehead atoms. The molecule has 0 spiro atoms. The van der Waals surface area contributed by atoms with Gasteiger partial charge in [-0.2, -0.15) is 0 Å². The van der Waals surface area contributed by atoms with E-state index in [2.05, 4.69) is 27.1 Å². The van der Waals surface area contributed by atoms with Crippen LogP contribution in [0.3, 0.4) is 0 Å². The van der Waals surface area contributed by atoms with Gasteiger partial charge in [-0.15, -0.1) is 0 Å². The molecule has 1 saturated heterocycles. The highest BCUT2D eigenvalue weighted by Gasteiger charge is 2.18. The topological polar surface area (TPSA) is 41.1 Å². The molecule has 5 heteroatoms. The fraction of sp³-hybridized carbons (Fsp3) is 0.412. The smallest absolute Gasteiger partial charge is 0.136 e. The molecule has 1 unspecified atom stereocenters. The highest BCUT2D eigenvalue weighted by molar-refractivity contribution is 6.30. The summed E-state index contributed by atoms with van der Waals surface area (Å²) in [6.45, 7) is 6.37. The van der Waals surface area contributed by atoms with Crippen LogP contribution in [0.1, 0.15) is 25.6 Å². The summed E-state index contributed by atoms with van der Waals surface area (Å²) >= 11 is 5.92. The lowest BCUT2D eigenvalue weighted by Gasteiger charge is -2.32. The van der Waals surface area contributed by atoms with Gasteiger partial charge in [0, 0.05) is 29.9 Å². The van der Waals surface area contributed by atoms with E-state index in [1.54, 1.807) is 0 Å². The zero-order chi connectivity index (χ0) is 15.5. The SMILES string of the molecule is Cc1nc(Nc2ccc(Cl)cc2)cc(N2CCCC(C)C2)n1. The van der Waals surface area contributed by atoms with Crippen molar-refractivity contribution in [1.29, 1.82) is 0 Å². The van der Waals surface area contributed by atoms with Gasteiger partial charge in [0.25, 0.3) is 0 Å². The molecule has 1 aliphatic rings. The fourth-order valence-electron chi connectivity index (χ4n) is 2.86. The third kappa shape index (κ3) is 3.69. The number of hydrogen-bond donors (Lipinski definition) is 1. The molecule has 1 aromatic heterocycles. The van der Waals surface area contributed by atoms with Crippen molar-refractivity contribution in [1.82, 2.24) is 9.97 Å². The van der Waals surface area contributed by atoms with Crippen molar-refractivity contribution in [3.8, 4) is 0 Å². The number of halogens is 1. The van der Waals surface area contributed by atoms with E-state index < -0.39 is 0 Å². The molecule has 3 rings (SSSR count). The van der Waals surface area contributed by atoms with Crippen molar-refractivity contribution in [2.75, 3.05) is 23.3 Å². The molecule has 1 atom stereocenters. The van der Waals surface area contributed by atoms with Gasteiger partial charge >= 0.3 is 0 Å². The Morgan fingerprint density at radius 2 is 2.00 bits per heavy atom. The number of nitrogens with zero attached hydrogens (tertiary/aromatic N) is 3. The van der Waals surface area contributed by atoms with Crippen LogP contribution in [-0.4, -0.2) is 23.1 Å². The molecule has 0 saturated carbocycles. The second-order valence-corrected chi connectivity index (χ2v) is 6.42. The summed E-state index contributed by atoms with van der Waals surface area (Å²) in [4.78, 5) is 11.4. The van der Waals surface area contributed by atoms with Crippen molar-refractivity contribution >= 4 is 28.9 Å². The molecule has 0 aliphatic carbocycles. The first-order valence-electron chi connectivity index (χ1n) is 7.73. The van der Waals surface area contributed by atoms with Crippen LogP contribution < -0.4 is 10.2 Å². The van der Waals surface area contributed by atoms with Gasteiger partial charge in [-0.1, -0.05) is 18.5 Å². The molecular formula is C17H21ClN4. The van der Waals surface area contributed by atoms with Gasteiger partial charge in [0.1, 0.15) is 17.5 Å². The summed E-state index contributed by atoms with van der Waals surface area (Å²) in [6, 6.07) is 9.65. The maximum absolute atomic E-state index is 5.92. The van der Waals surface area contributed by atoms with E-state index >= 15 is 0 Å². The highest BCUT2D eigenvalue weighted by atomic mass is 35.5. The number of hydrogen-bond acceptors (Lipinski definition) is 4. The van der Waals surface area contributed by atoms with Gasteiger partial charge in [-0.3, -0.25) is 0 Å². The fourth-order valence-corrected chi connectivity index (χ4v) is 2.98. The predicted octanol–water partition coefficient (Wildman–Crippen LogP) is 4.42. The third-order valence-electron chi connectivity index (χ3n) is 3.92. The average molecular weight is 317 g/mol. The number of anilines is 3. The number of piperidine rings is 1. The van der Waals surface area contributed by atoms with Gasteiger partial charge in [0.15, 0.2) is 0 Å². The van der Waals surface area contributed by atoms with Gasteiger partial charge < -0.3 is 10.2 Å². The minimum atomic E-state index is 0.719. The van der Waals surface area contributed by atoms with Crippen LogP contribution in [0.2, 0.25) is 5.02 Å². The summed E-state index contributed by atoms with van der Waals surface area (Å²) in [5, 5.41) is 4.06. The lowest BCUT2D eigenvalue weighted by molar-refractivity contribution is 0.444. The van der Waals surface area contributed by atoms with Crippen LogP contribution in [0.4, 0.5) is 17.3 Å². The molecule has 0 amide bonds. The maximum Gasteiger partial charge on any atom is 0.136 e. The van der Waals surface area contributed by atoms with Crippen molar-refractivity contribution in [2.45, 2.75) is 26.7 Å². The van der Waals surface area contributed by atoms with Crippen LogP contribution in [-0.2, 0) is 0 Å². The first-order chi connectivity index (χ1) is 10.6. The molecule has 4 nitrogen and oxygen atoms in total. The summed E-state index contributed by atoms with van der Waals surface area (Å²) < 4.78 is 0. The Kier molecular flexibility index (Phi) is 4.48. The van der Waals surface area contributed by atoms with Crippen LogP contribution in [0, 0.1) is 12.8 Å². The van der Waals surface area contributed by atoms with E-state index in [1.807, 2.05) is 37.3 Å². The lowest BCUT2D eigenvalue weighted by Crippen LogP contribution is -2.35. The largest absolute Gasteiger partial charge is 0.356 e. The molecule has 1 N–H and O–H groups in total. The van der Waals surface area contributed by atoms with Crippen LogP contribution in [0.5, 0.6) is 0 Å². The molecule has 1 fully saturated rings. The van der Waals surface area contributed by atoms with Crippen LogP contribution in [0.25, 0.3) is 0 Å². The number of benzene rings is 1. The summed E-state index contributed by atoms with van der Waals surface area (Å²) in [5.74, 6) is 3.34. The molecule has 2 heterocycles. The van der Waals surface area contributed by atoms with Gasteiger partial charge in [0.2, 0.25) is 0 Å². The van der Waals surface area contributed by atoms with Gasteiger partial charge in [0.05, 0.1) is 0 Å². The van der Waals surface area contributed by atoms with Crippen molar-refractivity contribution in [3.05, 3.63) is 41.2 Å². The van der Waals surface area contributed by atoms with E-state index in [0.29, 0.717) is 0 Å². The van der Waals surface area contributed by atoms with Gasteiger partial charge in [-0.25, -0.2) is 9.97 Å². The maximum atomic E-state index is 5.92. The van der Waals surface area contributed by atoms with E-state index in [9.17, 15) is 0 Å². The van der Waals surface area contributed by atoms with Crippen LogP contribution in [0.15, 0.2) is 30.3 Å². The van der Waals surface area contributed by atoms with E-state index in [4.69, 9.17) is 11.6 Å². The Bertz CT molecular complexity index is 642. The normalized spacial score (nSPS) is 18.3. The quantitative estimate of drug-likeness (QED) is 0.910. The number of nitrogens with one attached hydrogen (secondary N) is 1. The molecule has 116 valence electrons. The van der Waals surface area contributed by atoms with Crippen molar-refractivity contribution in [2.24, 2.45) is 5.92 Å². The Morgan fingerprint density at radius 3 is 2.73 bits per heavy atom. The highest BCUT2D eigenvalue weighted by Crippen LogP contribution is 2.25. The Labute approximate surface area is 136 Å². The minimum absolute atomic E-state index is 0.719. The first kappa shape index (κ1) is 15.1. The Hall–Kier alpha value is -1.81. The first-order valence-corrected chi connectivity index (χ1v) is 8.11. The minimum Gasteiger partial charge on any atom is -0.356 e. The Balaban J connectivity index is 1.81. The van der Waals surface area contributed by atoms with Gasteiger partial charge in [-0.05, 0) is 49.9 Å². The molecule has 2 aromatic rings. The lowest BCUT2D eigenvalue weighted by atomic mass is 10.0. The molecule has 1 aromatic carbocycles. The average Bonchev–Trinajstić information content (AvgIpc) is 2.49. The van der Waals surface area contributed by atoms with E-state index in [-0.39, 0.29) is 0 Å². The Morgan fingerprint density at radius 1 is 1.23 bits per heavy atom. The molecule has 0 radical (unpaired) electrons. The number of rotatable bonds is 3. The molecular weight excluding hydrogens is 296 g/mol. The summed E-state index contributed by atoms with van der Waals surface area (Å²) in [7, 11) is 0. The number of aryl methyl sites for hydroxylation is 1. The predicted molar refractivity (Wildman–Crippen MR) is 92.1 cm³/mol. The summed E-state index contributed by atoms with van der Waals surface area (Å²) in [6.07, 6.45) is 2.53. The number of aromatic nitrogens is 2. The second kappa shape index (κ2) is 6.53. The van der Waals surface area contributed by atoms with Crippen molar-refractivity contribution in [3.63, 3.8) is 0 Å². The standard InChI is InChI=1S/C17H21ClN4/c1-12-4-3-9-22(11-12)17-10-16(19-13(2)20-17)21-15-7-5-14(18)6-8-15/h5-8,10,12H,3-4,9,11H2,1-2H3,(H,19,20,21). The summed E-state index contributed by atoms with van der Waals surface area (Å²) in [5.41, 5.74) is 0.973. The van der Waals surface area contributed by atoms with Crippen molar-refractivity contribution < 1.29 is 0 Å². The van der Waals surface area contributed by atoms with E-state index in [0.717, 1.165) is 47.2 Å².